The SMILES string of the molecule is c1nc(CN2CCCC[C@@H]2CCN2CCCC2)cs1. The van der Waals surface area contributed by atoms with Gasteiger partial charge >= 0.3 is 0 Å². The number of hydrogen-bond acceptors (Lipinski definition) is 4. The zero-order chi connectivity index (χ0) is 12.9. The average Bonchev–Trinajstić information content (AvgIpc) is 3.10. The first-order valence-corrected chi connectivity index (χ1v) is 8.69. The molecule has 3 heterocycles. The highest BCUT2D eigenvalue weighted by atomic mass is 32.1. The summed E-state index contributed by atoms with van der Waals surface area (Å²) in [6, 6.07) is 0.788. The van der Waals surface area contributed by atoms with Gasteiger partial charge in [-0.1, -0.05) is 6.42 Å². The third-order valence-electron chi connectivity index (χ3n) is 4.57. The molecule has 1 aromatic heterocycles. The smallest absolute Gasteiger partial charge is 0.0795 e. The van der Waals surface area contributed by atoms with Gasteiger partial charge in [0.1, 0.15) is 0 Å². The van der Waals surface area contributed by atoms with Gasteiger partial charge in [0.25, 0.3) is 0 Å². The lowest BCUT2D eigenvalue weighted by molar-refractivity contribution is 0.120. The summed E-state index contributed by atoms with van der Waals surface area (Å²) < 4.78 is 0. The van der Waals surface area contributed by atoms with E-state index < -0.39 is 0 Å². The molecule has 4 heteroatoms. The fourth-order valence-corrected chi connectivity index (χ4v) is 4.01. The molecule has 2 fully saturated rings. The number of piperidine rings is 1. The molecular formula is C15H25N3S. The first kappa shape index (κ1) is 13.5. The summed E-state index contributed by atoms with van der Waals surface area (Å²) in [5.41, 5.74) is 3.22. The quantitative estimate of drug-likeness (QED) is 0.826. The minimum Gasteiger partial charge on any atom is -0.303 e. The van der Waals surface area contributed by atoms with Gasteiger partial charge in [0, 0.05) is 18.0 Å². The molecular weight excluding hydrogens is 254 g/mol. The van der Waals surface area contributed by atoms with E-state index in [1.165, 1.54) is 70.4 Å². The first-order chi connectivity index (χ1) is 9.42. The molecule has 0 aliphatic carbocycles. The second-order valence-electron chi connectivity index (χ2n) is 5.94. The zero-order valence-corrected chi connectivity index (χ0v) is 12.6. The van der Waals surface area contributed by atoms with E-state index in [0.29, 0.717) is 0 Å². The highest BCUT2D eigenvalue weighted by molar-refractivity contribution is 7.07. The molecule has 0 amide bonds. The van der Waals surface area contributed by atoms with Gasteiger partial charge in [0.15, 0.2) is 0 Å². The van der Waals surface area contributed by atoms with Crippen LogP contribution in [-0.4, -0.2) is 47.0 Å². The Hall–Kier alpha value is -0.450. The summed E-state index contributed by atoms with van der Waals surface area (Å²) in [5, 5.41) is 2.20. The molecule has 0 unspecified atom stereocenters. The van der Waals surface area contributed by atoms with Crippen LogP contribution < -0.4 is 0 Å². The lowest BCUT2D eigenvalue weighted by Crippen LogP contribution is -2.41. The van der Waals surface area contributed by atoms with Gasteiger partial charge in [-0.3, -0.25) is 4.90 Å². The Kier molecular flexibility index (Phi) is 4.86. The van der Waals surface area contributed by atoms with Crippen LogP contribution in [0.4, 0.5) is 0 Å². The van der Waals surface area contributed by atoms with Crippen molar-refractivity contribution in [2.24, 2.45) is 0 Å². The van der Waals surface area contributed by atoms with Crippen molar-refractivity contribution in [3.05, 3.63) is 16.6 Å². The van der Waals surface area contributed by atoms with E-state index >= 15 is 0 Å². The molecule has 0 radical (unpaired) electrons. The van der Waals surface area contributed by atoms with Gasteiger partial charge in [-0.2, -0.15) is 0 Å². The lowest BCUT2D eigenvalue weighted by atomic mass is 9.99. The minimum absolute atomic E-state index is 0.788. The summed E-state index contributed by atoms with van der Waals surface area (Å²) in [5.74, 6) is 0. The number of nitrogens with zero attached hydrogens (tertiary/aromatic N) is 3. The summed E-state index contributed by atoms with van der Waals surface area (Å²) in [4.78, 5) is 9.77. The summed E-state index contributed by atoms with van der Waals surface area (Å²) in [6.07, 6.45) is 8.34. The van der Waals surface area contributed by atoms with Crippen LogP contribution in [0.15, 0.2) is 10.9 Å². The maximum Gasteiger partial charge on any atom is 0.0795 e. The lowest BCUT2D eigenvalue weighted by Gasteiger charge is -2.36. The first-order valence-electron chi connectivity index (χ1n) is 7.75. The summed E-state index contributed by atoms with van der Waals surface area (Å²) in [6.45, 7) is 6.30. The Morgan fingerprint density at radius 3 is 2.79 bits per heavy atom. The molecule has 3 rings (SSSR count). The molecule has 1 aromatic rings. The van der Waals surface area contributed by atoms with Crippen LogP contribution in [0.1, 0.15) is 44.2 Å². The van der Waals surface area contributed by atoms with Gasteiger partial charge in [0.05, 0.1) is 11.2 Å². The molecule has 2 aliphatic rings. The van der Waals surface area contributed by atoms with E-state index in [1.54, 1.807) is 11.3 Å². The number of aromatic nitrogens is 1. The Morgan fingerprint density at radius 1 is 1.16 bits per heavy atom. The Bertz CT molecular complexity index is 359. The molecule has 0 aromatic carbocycles. The van der Waals surface area contributed by atoms with Gasteiger partial charge in [-0.25, -0.2) is 4.98 Å². The molecule has 0 N–H and O–H groups in total. The Morgan fingerprint density at radius 2 is 2.00 bits per heavy atom. The van der Waals surface area contributed by atoms with Crippen molar-refractivity contribution in [2.45, 2.75) is 51.1 Å². The number of likely N-dealkylation sites (tertiary alicyclic amines) is 2. The zero-order valence-electron chi connectivity index (χ0n) is 11.8. The van der Waals surface area contributed by atoms with Gasteiger partial charge in [-0.15, -0.1) is 11.3 Å². The molecule has 106 valence electrons. The van der Waals surface area contributed by atoms with E-state index in [-0.39, 0.29) is 0 Å². The monoisotopic (exact) mass is 279 g/mol. The predicted molar refractivity (Wildman–Crippen MR) is 80.5 cm³/mol. The predicted octanol–water partition coefficient (Wildman–Crippen LogP) is 2.98. The summed E-state index contributed by atoms with van der Waals surface area (Å²) in [7, 11) is 0. The largest absolute Gasteiger partial charge is 0.303 e. The molecule has 0 saturated carbocycles. The normalized spacial score (nSPS) is 26.0. The third kappa shape index (κ3) is 3.77. The molecule has 2 saturated heterocycles. The standard InChI is InChI=1S/C15H25N3S/c1-2-9-18(11-14-12-19-13-16-14)15(5-1)6-10-17-7-3-4-8-17/h12-13,15H,1-11H2/t15-/m1/s1. The fourth-order valence-electron chi connectivity index (χ4n) is 3.46. The van der Waals surface area contributed by atoms with E-state index in [1.807, 2.05) is 5.51 Å². The average molecular weight is 279 g/mol. The van der Waals surface area contributed by atoms with Crippen molar-refractivity contribution < 1.29 is 0 Å². The maximum atomic E-state index is 4.45. The van der Waals surface area contributed by atoms with Crippen molar-refractivity contribution in [1.82, 2.24) is 14.8 Å². The second-order valence-corrected chi connectivity index (χ2v) is 6.66. The van der Waals surface area contributed by atoms with E-state index in [9.17, 15) is 0 Å². The molecule has 2 aliphatic heterocycles. The van der Waals surface area contributed by atoms with Crippen LogP contribution in [0.3, 0.4) is 0 Å². The van der Waals surface area contributed by atoms with E-state index in [2.05, 4.69) is 20.2 Å². The van der Waals surface area contributed by atoms with Crippen molar-refractivity contribution in [3.63, 3.8) is 0 Å². The van der Waals surface area contributed by atoms with Crippen molar-refractivity contribution in [2.75, 3.05) is 26.2 Å². The van der Waals surface area contributed by atoms with Crippen LogP contribution in [0.25, 0.3) is 0 Å². The number of rotatable bonds is 5. The van der Waals surface area contributed by atoms with Gasteiger partial charge in [-0.05, 0) is 58.3 Å². The van der Waals surface area contributed by atoms with Crippen LogP contribution in [-0.2, 0) is 6.54 Å². The highest BCUT2D eigenvalue weighted by Gasteiger charge is 2.23. The van der Waals surface area contributed by atoms with Gasteiger partial charge in [0.2, 0.25) is 0 Å². The maximum absolute atomic E-state index is 4.45. The molecule has 1 atom stereocenters. The van der Waals surface area contributed by atoms with Crippen LogP contribution >= 0.6 is 11.3 Å². The minimum atomic E-state index is 0.788. The Balaban J connectivity index is 1.51. The second kappa shape index (κ2) is 6.82. The molecule has 3 nitrogen and oxygen atoms in total. The molecule has 0 bridgehead atoms. The molecule has 19 heavy (non-hydrogen) atoms. The van der Waals surface area contributed by atoms with Crippen LogP contribution in [0.2, 0.25) is 0 Å². The number of hydrogen-bond donors (Lipinski definition) is 0. The fraction of sp³-hybridized carbons (Fsp3) is 0.800. The van der Waals surface area contributed by atoms with Crippen molar-refractivity contribution in [1.29, 1.82) is 0 Å². The summed E-state index contributed by atoms with van der Waals surface area (Å²) >= 11 is 1.72. The van der Waals surface area contributed by atoms with Crippen molar-refractivity contribution in [3.8, 4) is 0 Å². The highest BCUT2D eigenvalue weighted by Crippen LogP contribution is 2.23. The number of thiazole rings is 1. The van der Waals surface area contributed by atoms with Crippen LogP contribution in [0, 0.1) is 0 Å². The van der Waals surface area contributed by atoms with Crippen molar-refractivity contribution >= 4 is 11.3 Å². The molecule has 0 spiro atoms. The topological polar surface area (TPSA) is 19.4 Å². The van der Waals surface area contributed by atoms with Gasteiger partial charge < -0.3 is 4.90 Å². The van der Waals surface area contributed by atoms with E-state index in [0.717, 1.165) is 12.6 Å². The third-order valence-corrected chi connectivity index (χ3v) is 5.21. The Labute approximate surface area is 120 Å². The van der Waals surface area contributed by atoms with Crippen LogP contribution in [0.5, 0.6) is 0 Å². The van der Waals surface area contributed by atoms with E-state index in [4.69, 9.17) is 0 Å².